The smallest absolute Gasteiger partial charge is 0.324 e. The number of ketones is 2. The lowest BCUT2D eigenvalue weighted by molar-refractivity contribution is -0.158. The van der Waals surface area contributed by atoms with Crippen LogP contribution in [0.2, 0.25) is 0 Å². The molecule has 16 heavy (non-hydrogen) atoms. The first kappa shape index (κ1) is 10.8. The number of esters is 1. The van der Waals surface area contributed by atoms with Gasteiger partial charge in [0.05, 0.1) is 7.11 Å². The number of hydrogen-bond donors (Lipinski definition) is 0. The highest BCUT2D eigenvalue weighted by molar-refractivity contribution is 6.16. The van der Waals surface area contributed by atoms with Gasteiger partial charge in [-0.2, -0.15) is 0 Å². The summed E-state index contributed by atoms with van der Waals surface area (Å²) in [6.45, 7) is 1.73. The molecule has 84 valence electrons. The molecule has 0 aromatic carbocycles. The third-order valence-corrected chi connectivity index (χ3v) is 3.46. The number of carbonyl (C=O) groups excluding carboxylic acids is 3. The molecule has 0 spiro atoms. The van der Waals surface area contributed by atoms with Crippen molar-refractivity contribution < 1.29 is 19.1 Å². The first-order chi connectivity index (χ1) is 7.46. The van der Waals surface area contributed by atoms with Crippen LogP contribution in [0.5, 0.6) is 0 Å². The molecule has 0 unspecified atom stereocenters. The van der Waals surface area contributed by atoms with Gasteiger partial charge in [0.2, 0.25) is 0 Å². The number of fused-ring (bicyclic) bond motifs is 1. The summed E-state index contributed by atoms with van der Waals surface area (Å²) in [4.78, 5) is 35.1. The molecule has 0 saturated carbocycles. The van der Waals surface area contributed by atoms with E-state index in [9.17, 15) is 14.4 Å². The maximum atomic E-state index is 11.9. The summed E-state index contributed by atoms with van der Waals surface area (Å²) in [6, 6.07) is 0. The van der Waals surface area contributed by atoms with Crippen LogP contribution < -0.4 is 0 Å². The molecule has 2 atom stereocenters. The fourth-order valence-electron chi connectivity index (χ4n) is 2.48. The van der Waals surface area contributed by atoms with Gasteiger partial charge in [-0.25, -0.2) is 0 Å². The van der Waals surface area contributed by atoms with E-state index in [0.717, 1.165) is 0 Å². The van der Waals surface area contributed by atoms with Crippen LogP contribution in [0.1, 0.15) is 13.3 Å². The third kappa shape index (κ3) is 1.07. The molecule has 4 heteroatoms. The van der Waals surface area contributed by atoms with E-state index in [1.165, 1.54) is 25.3 Å². The molecule has 2 rings (SSSR count). The maximum absolute atomic E-state index is 11.9. The predicted molar refractivity (Wildman–Crippen MR) is 55.5 cm³/mol. The topological polar surface area (TPSA) is 60.4 Å². The summed E-state index contributed by atoms with van der Waals surface area (Å²) in [5.41, 5.74) is -2.13. The van der Waals surface area contributed by atoms with E-state index in [0.29, 0.717) is 0 Å². The zero-order valence-electron chi connectivity index (χ0n) is 9.15. The summed E-state index contributed by atoms with van der Waals surface area (Å²) < 4.78 is 4.70. The van der Waals surface area contributed by atoms with Crippen molar-refractivity contribution in [2.45, 2.75) is 13.3 Å². The van der Waals surface area contributed by atoms with Crippen LogP contribution >= 0.6 is 0 Å². The Morgan fingerprint density at radius 1 is 1.31 bits per heavy atom. The van der Waals surface area contributed by atoms with Gasteiger partial charge in [-0.1, -0.05) is 19.1 Å². The van der Waals surface area contributed by atoms with Gasteiger partial charge in [0.25, 0.3) is 0 Å². The normalized spacial score (nSPS) is 36.4. The van der Waals surface area contributed by atoms with Crippen molar-refractivity contribution in [2.75, 3.05) is 7.11 Å². The summed E-state index contributed by atoms with van der Waals surface area (Å²) >= 11 is 0. The van der Waals surface area contributed by atoms with Crippen LogP contribution in [0.15, 0.2) is 24.3 Å². The zero-order valence-corrected chi connectivity index (χ0v) is 9.15. The van der Waals surface area contributed by atoms with Crippen molar-refractivity contribution >= 4 is 17.5 Å². The van der Waals surface area contributed by atoms with Crippen LogP contribution in [0.3, 0.4) is 0 Å². The molecular formula is C12H12O4. The quantitative estimate of drug-likeness (QED) is 0.485. The molecule has 0 aromatic heterocycles. The predicted octanol–water partition coefficient (Wildman–Crippen LogP) is 0.820. The van der Waals surface area contributed by atoms with Gasteiger partial charge < -0.3 is 4.74 Å². The minimum atomic E-state index is -1.34. The van der Waals surface area contributed by atoms with E-state index in [-0.39, 0.29) is 18.0 Å². The highest BCUT2D eigenvalue weighted by Crippen LogP contribution is 2.52. The van der Waals surface area contributed by atoms with Gasteiger partial charge in [0, 0.05) is 11.8 Å². The highest BCUT2D eigenvalue weighted by atomic mass is 16.5. The maximum Gasteiger partial charge on any atom is 0.324 e. The van der Waals surface area contributed by atoms with Crippen molar-refractivity contribution in [3.05, 3.63) is 24.3 Å². The molecular weight excluding hydrogens is 208 g/mol. The lowest BCUT2D eigenvalue weighted by atomic mass is 9.61. The van der Waals surface area contributed by atoms with Crippen LogP contribution in [0, 0.1) is 10.8 Å². The first-order valence-corrected chi connectivity index (χ1v) is 5.00. The van der Waals surface area contributed by atoms with Crippen LogP contribution in [0.25, 0.3) is 0 Å². The average molecular weight is 220 g/mol. The van der Waals surface area contributed by atoms with Gasteiger partial charge in [-0.05, 0) is 12.2 Å². The van der Waals surface area contributed by atoms with Crippen LogP contribution in [-0.4, -0.2) is 24.6 Å². The number of allylic oxidation sites excluding steroid dienone is 3. The summed E-state index contributed by atoms with van der Waals surface area (Å²) in [6.07, 6.45) is 5.82. The molecule has 0 amide bonds. The van der Waals surface area contributed by atoms with Gasteiger partial charge in [0.15, 0.2) is 17.0 Å². The highest BCUT2D eigenvalue weighted by Gasteiger charge is 2.61. The Kier molecular flexibility index (Phi) is 2.12. The van der Waals surface area contributed by atoms with Crippen molar-refractivity contribution in [3.63, 3.8) is 0 Å². The Morgan fingerprint density at radius 3 is 2.62 bits per heavy atom. The Hall–Kier alpha value is -1.71. The lowest BCUT2D eigenvalue weighted by Crippen LogP contribution is -2.49. The Morgan fingerprint density at radius 2 is 2.00 bits per heavy atom. The second kappa shape index (κ2) is 3.14. The van der Waals surface area contributed by atoms with Crippen molar-refractivity contribution in [2.24, 2.45) is 10.8 Å². The first-order valence-electron chi connectivity index (χ1n) is 5.00. The molecule has 0 N–H and O–H groups in total. The van der Waals surface area contributed by atoms with E-state index < -0.39 is 16.8 Å². The third-order valence-electron chi connectivity index (χ3n) is 3.46. The van der Waals surface area contributed by atoms with E-state index in [1.807, 2.05) is 0 Å². The average Bonchev–Trinajstić information content (AvgIpc) is 2.50. The van der Waals surface area contributed by atoms with E-state index >= 15 is 0 Å². The molecule has 2 aliphatic rings. The van der Waals surface area contributed by atoms with Crippen LogP contribution in [-0.2, 0) is 19.1 Å². The molecule has 4 nitrogen and oxygen atoms in total. The standard InChI is InChI=1S/C12H12O4/c1-11-5-4-9(14)12(11,10(15)16-2)6-3-8(13)7-11/h3-6H,7H2,1-2H3/t11-,12-/m0/s1. The molecule has 0 radical (unpaired) electrons. The monoisotopic (exact) mass is 220 g/mol. The molecule has 0 aromatic rings. The number of rotatable bonds is 1. The second-order valence-electron chi connectivity index (χ2n) is 4.39. The number of methoxy groups -OCH3 is 1. The van der Waals surface area contributed by atoms with Crippen LogP contribution in [0.4, 0.5) is 0 Å². The second-order valence-corrected chi connectivity index (χ2v) is 4.39. The zero-order chi connectivity index (χ0) is 12.0. The fourth-order valence-corrected chi connectivity index (χ4v) is 2.48. The van der Waals surface area contributed by atoms with Gasteiger partial charge in [-0.15, -0.1) is 0 Å². The minimum Gasteiger partial charge on any atom is -0.468 e. The molecule has 0 fully saturated rings. The van der Waals surface area contributed by atoms with Gasteiger partial charge in [-0.3, -0.25) is 14.4 Å². The van der Waals surface area contributed by atoms with E-state index in [1.54, 1.807) is 13.0 Å². The molecule has 0 bridgehead atoms. The SMILES string of the molecule is COC(=O)[C@@]12C=CC(=O)C[C@]1(C)C=CC2=O. The van der Waals surface area contributed by atoms with Gasteiger partial charge >= 0.3 is 5.97 Å². The molecule has 0 heterocycles. The van der Waals surface area contributed by atoms with Gasteiger partial charge in [0.1, 0.15) is 0 Å². The van der Waals surface area contributed by atoms with Crippen molar-refractivity contribution in [1.82, 2.24) is 0 Å². The molecule has 0 saturated heterocycles. The minimum absolute atomic E-state index is 0.0821. The largest absolute Gasteiger partial charge is 0.468 e. The van der Waals surface area contributed by atoms with E-state index in [4.69, 9.17) is 4.74 Å². The molecule has 2 aliphatic carbocycles. The van der Waals surface area contributed by atoms with Crippen molar-refractivity contribution in [1.29, 1.82) is 0 Å². The number of carbonyl (C=O) groups is 3. The summed E-state index contributed by atoms with van der Waals surface area (Å²) in [7, 11) is 1.24. The summed E-state index contributed by atoms with van der Waals surface area (Å²) in [5, 5.41) is 0. The summed E-state index contributed by atoms with van der Waals surface area (Å²) in [5.74, 6) is -0.999. The van der Waals surface area contributed by atoms with E-state index in [2.05, 4.69) is 0 Å². The lowest BCUT2D eigenvalue weighted by Gasteiger charge is -2.39. The fraction of sp³-hybridized carbons (Fsp3) is 0.417. The Labute approximate surface area is 93.0 Å². The van der Waals surface area contributed by atoms with Crippen molar-refractivity contribution in [3.8, 4) is 0 Å². The molecule has 0 aliphatic heterocycles. The number of ether oxygens (including phenoxy) is 1. The Balaban J connectivity index is 2.62. The Bertz CT molecular complexity index is 446. The number of hydrogen-bond acceptors (Lipinski definition) is 4.